The van der Waals surface area contributed by atoms with Gasteiger partial charge in [0.1, 0.15) is 5.52 Å². The van der Waals surface area contributed by atoms with E-state index in [9.17, 15) is 25.0 Å². The number of non-ortho nitro benzene ring substituents is 1. The van der Waals surface area contributed by atoms with E-state index in [-0.39, 0.29) is 28.4 Å². The molecule has 0 aliphatic carbocycles. The first-order chi connectivity index (χ1) is 14.8. The molecule has 1 aromatic heterocycles. The molecular formula is C21H14N4O6. The molecule has 1 heterocycles. The zero-order valence-corrected chi connectivity index (χ0v) is 16.1. The third-order valence-electron chi connectivity index (χ3n) is 4.73. The van der Waals surface area contributed by atoms with Gasteiger partial charge in [0.2, 0.25) is 5.89 Å². The lowest BCUT2D eigenvalue weighted by atomic mass is 10.1. The normalized spacial score (nSPS) is 10.7. The molecule has 4 rings (SSSR count). The molecule has 0 atom stereocenters. The molecule has 3 aromatic carbocycles. The number of hydrogen-bond donors (Lipinski definition) is 1. The summed E-state index contributed by atoms with van der Waals surface area (Å²) in [6.07, 6.45) is 0. The van der Waals surface area contributed by atoms with Crippen LogP contribution < -0.4 is 5.32 Å². The van der Waals surface area contributed by atoms with Crippen LogP contribution in [0.5, 0.6) is 0 Å². The van der Waals surface area contributed by atoms with E-state index in [2.05, 4.69) is 10.3 Å². The maximum Gasteiger partial charge on any atom is 0.273 e. The number of nitrogens with zero attached hydrogens (tertiary/aromatic N) is 3. The number of hydrogen-bond acceptors (Lipinski definition) is 7. The Bertz CT molecular complexity index is 1360. The monoisotopic (exact) mass is 418 g/mol. The van der Waals surface area contributed by atoms with E-state index in [1.54, 1.807) is 24.3 Å². The highest BCUT2D eigenvalue weighted by molar-refractivity contribution is 6.07. The third-order valence-corrected chi connectivity index (χ3v) is 4.73. The fourth-order valence-electron chi connectivity index (χ4n) is 3.18. The number of benzene rings is 3. The number of oxazole rings is 1. The number of carbonyl (C=O) groups is 1. The van der Waals surface area contributed by atoms with Crippen molar-refractivity contribution in [2.75, 3.05) is 5.32 Å². The van der Waals surface area contributed by atoms with E-state index in [1.807, 2.05) is 0 Å². The van der Waals surface area contributed by atoms with Crippen LogP contribution >= 0.6 is 0 Å². The first-order valence-electron chi connectivity index (χ1n) is 9.05. The number of carbonyl (C=O) groups excluding carboxylic acids is 1. The molecule has 1 amide bonds. The lowest BCUT2D eigenvalue weighted by Gasteiger charge is -2.10. The van der Waals surface area contributed by atoms with Crippen LogP contribution in [0.2, 0.25) is 0 Å². The maximum absolute atomic E-state index is 12.8. The highest BCUT2D eigenvalue weighted by atomic mass is 16.6. The SMILES string of the molecule is Cc1c(C(=O)Nc2ccccc2-c2nc3cc([N+](=O)[O-])ccc3o2)cccc1[N+](=O)[O-]. The van der Waals surface area contributed by atoms with Crippen molar-refractivity contribution in [1.82, 2.24) is 4.98 Å². The van der Waals surface area contributed by atoms with E-state index >= 15 is 0 Å². The number of aromatic nitrogens is 1. The molecule has 0 unspecified atom stereocenters. The fraction of sp³-hybridized carbons (Fsp3) is 0.0476. The number of nitro groups is 2. The van der Waals surface area contributed by atoms with Gasteiger partial charge in [0.05, 0.1) is 21.1 Å². The Kier molecular flexibility index (Phi) is 4.88. The minimum atomic E-state index is -0.544. The number of nitro benzene ring substituents is 2. The highest BCUT2D eigenvalue weighted by Crippen LogP contribution is 2.32. The van der Waals surface area contributed by atoms with Crippen LogP contribution in [0.15, 0.2) is 65.1 Å². The first-order valence-corrected chi connectivity index (χ1v) is 9.05. The minimum Gasteiger partial charge on any atom is -0.436 e. The van der Waals surface area contributed by atoms with Crippen LogP contribution in [0.25, 0.3) is 22.6 Å². The molecule has 0 saturated carbocycles. The van der Waals surface area contributed by atoms with Crippen molar-refractivity contribution < 1.29 is 19.1 Å². The van der Waals surface area contributed by atoms with Crippen molar-refractivity contribution in [2.24, 2.45) is 0 Å². The summed E-state index contributed by atoms with van der Waals surface area (Å²) in [4.78, 5) is 38.2. The van der Waals surface area contributed by atoms with Crippen molar-refractivity contribution in [3.63, 3.8) is 0 Å². The van der Waals surface area contributed by atoms with E-state index < -0.39 is 15.8 Å². The number of rotatable bonds is 5. The molecule has 1 N–H and O–H groups in total. The van der Waals surface area contributed by atoms with Gasteiger partial charge in [-0.3, -0.25) is 25.0 Å². The van der Waals surface area contributed by atoms with Crippen LogP contribution in [0, 0.1) is 27.2 Å². The summed E-state index contributed by atoms with van der Waals surface area (Å²) in [6.45, 7) is 1.51. The van der Waals surface area contributed by atoms with Gasteiger partial charge in [0.15, 0.2) is 5.58 Å². The van der Waals surface area contributed by atoms with Crippen LogP contribution in [0.4, 0.5) is 17.1 Å². The number of nitrogens with one attached hydrogen (secondary N) is 1. The largest absolute Gasteiger partial charge is 0.436 e. The molecule has 0 aliphatic heterocycles. The molecule has 10 nitrogen and oxygen atoms in total. The topological polar surface area (TPSA) is 141 Å². The summed E-state index contributed by atoms with van der Waals surface area (Å²) in [7, 11) is 0. The van der Waals surface area contributed by atoms with Gasteiger partial charge >= 0.3 is 0 Å². The van der Waals surface area contributed by atoms with Gasteiger partial charge < -0.3 is 9.73 Å². The Morgan fingerprint density at radius 1 is 1.00 bits per heavy atom. The highest BCUT2D eigenvalue weighted by Gasteiger charge is 2.20. The second kappa shape index (κ2) is 7.67. The van der Waals surface area contributed by atoms with Crippen LogP contribution in [-0.4, -0.2) is 20.7 Å². The summed E-state index contributed by atoms with van der Waals surface area (Å²) in [5.74, 6) is -0.359. The number of fused-ring (bicyclic) bond motifs is 1. The first kappa shape index (κ1) is 19.7. The Morgan fingerprint density at radius 3 is 2.52 bits per heavy atom. The van der Waals surface area contributed by atoms with Crippen molar-refractivity contribution in [2.45, 2.75) is 6.92 Å². The lowest BCUT2D eigenvalue weighted by molar-refractivity contribution is -0.385. The summed E-state index contributed by atoms with van der Waals surface area (Å²) in [6, 6.07) is 15.1. The Hall–Kier alpha value is -4.60. The van der Waals surface area contributed by atoms with Gasteiger partial charge in [-0.15, -0.1) is 0 Å². The Balaban J connectivity index is 1.71. The van der Waals surface area contributed by atoms with Gasteiger partial charge in [-0.1, -0.05) is 18.2 Å². The van der Waals surface area contributed by atoms with Crippen molar-refractivity contribution in [3.8, 4) is 11.5 Å². The molecule has 0 fully saturated rings. The van der Waals surface area contributed by atoms with Crippen LogP contribution in [0.1, 0.15) is 15.9 Å². The average Bonchev–Trinajstić information content (AvgIpc) is 3.17. The predicted molar refractivity (Wildman–Crippen MR) is 112 cm³/mol. The average molecular weight is 418 g/mol. The Morgan fingerprint density at radius 2 is 1.77 bits per heavy atom. The van der Waals surface area contributed by atoms with E-state index in [4.69, 9.17) is 4.42 Å². The second-order valence-electron chi connectivity index (χ2n) is 6.63. The van der Waals surface area contributed by atoms with Crippen molar-refractivity contribution in [3.05, 3.63) is 92.0 Å². The fourth-order valence-corrected chi connectivity index (χ4v) is 3.18. The Labute approximate surface area is 174 Å². The molecular weight excluding hydrogens is 404 g/mol. The smallest absolute Gasteiger partial charge is 0.273 e. The molecule has 31 heavy (non-hydrogen) atoms. The number of amides is 1. The van der Waals surface area contributed by atoms with Crippen LogP contribution in [-0.2, 0) is 0 Å². The molecule has 10 heteroatoms. The van der Waals surface area contributed by atoms with Gasteiger partial charge in [-0.05, 0) is 31.2 Å². The molecule has 0 bridgehead atoms. The molecule has 0 radical (unpaired) electrons. The van der Waals surface area contributed by atoms with E-state index in [1.165, 1.54) is 43.3 Å². The molecule has 0 saturated heterocycles. The molecule has 0 aliphatic rings. The molecule has 0 spiro atoms. The van der Waals surface area contributed by atoms with E-state index in [0.717, 1.165) is 0 Å². The standard InChI is InChI=1S/C21H14N4O6/c1-12-14(6-4-8-18(12)25(29)30)20(26)22-16-7-3-2-5-15(16)21-23-17-11-13(24(27)28)9-10-19(17)31-21/h2-11H,1H3,(H,22,26). The van der Waals surface area contributed by atoms with Gasteiger partial charge in [-0.2, -0.15) is 0 Å². The zero-order chi connectivity index (χ0) is 22.1. The maximum atomic E-state index is 12.8. The van der Waals surface area contributed by atoms with E-state index in [0.29, 0.717) is 22.4 Å². The van der Waals surface area contributed by atoms with Gasteiger partial charge in [0, 0.05) is 29.3 Å². The third kappa shape index (κ3) is 3.69. The van der Waals surface area contributed by atoms with Gasteiger partial charge in [-0.25, -0.2) is 4.98 Å². The quantitative estimate of drug-likeness (QED) is 0.360. The predicted octanol–water partition coefficient (Wildman–Crippen LogP) is 4.87. The number of para-hydroxylation sites is 1. The summed E-state index contributed by atoms with van der Waals surface area (Å²) >= 11 is 0. The second-order valence-corrected chi connectivity index (χ2v) is 6.63. The lowest BCUT2D eigenvalue weighted by Crippen LogP contribution is -2.14. The zero-order valence-electron chi connectivity index (χ0n) is 16.1. The van der Waals surface area contributed by atoms with Crippen molar-refractivity contribution in [1.29, 1.82) is 0 Å². The van der Waals surface area contributed by atoms with Gasteiger partial charge in [0.25, 0.3) is 17.3 Å². The van der Waals surface area contributed by atoms with Crippen molar-refractivity contribution >= 4 is 34.1 Å². The number of anilines is 1. The molecule has 154 valence electrons. The summed E-state index contributed by atoms with van der Waals surface area (Å²) < 4.78 is 5.72. The molecule has 4 aromatic rings. The minimum absolute atomic E-state index is 0.116. The summed E-state index contributed by atoms with van der Waals surface area (Å²) in [5, 5.41) is 24.9. The van der Waals surface area contributed by atoms with Crippen LogP contribution in [0.3, 0.4) is 0 Å². The summed E-state index contributed by atoms with van der Waals surface area (Å²) in [5.41, 5.74) is 1.64.